The first kappa shape index (κ1) is 17.8. The summed E-state index contributed by atoms with van der Waals surface area (Å²) in [5.41, 5.74) is 4.82. The number of hydrogen-bond donors (Lipinski definition) is 1. The van der Waals surface area contributed by atoms with Gasteiger partial charge in [-0.1, -0.05) is 43.7 Å². The third-order valence-electron chi connectivity index (χ3n) is 4.92. The highest BCUT2D eigenvalue weighted by Gasteiger charge is 2.20. The molecule has 1 aromatic carbocycles. The summed E-state index contributed by atoms with van der Waals surface area (Å²) in [6, 6.07) is 9.24. The van der Waals surface area contributed by atoms with E-state index in [1.54, 1.807) is 0 Å². The van der Waals surface area contributed by atoms with Gasteiger partial charge in [-0.15, -0.1) is 5.10 Å². The molecule has 1 N–H and O–H groups in total. The van der Waals surface area contributed by atoms with Crippen molar-refractivity contribution in [1.29, 1.82) is 0 Å². The molecule has 1 aliphatic rings. The first-order valence-electron chi connectivity index (χ1n) is 9.44. The van der Waals surface area contributed by atoms with Crippen molar-refractivity contribution < 1.29 is 0 Å². The molecule has 134 valence electrons. The molecular weight excluding hydrogens is 310 g/mol. The van der Waals surface area contributed by atoms with Crippen LogP contribution in [0.2, 0.25) is 0 Å². The number of nitrogens with one attached hydrogen (secondary N) is 1. The number of aryl methyl sites for hydroxylation is 3. The van der Waals surface area contributed by atoms with E-state index < -0.39 is 0 Å². The van der Waals surface area contributed by atoms with Crippen LogP contribution in [0.1, 0.15) is 49.2 Å². The Labute approximate surface area is 150 Å². The number of anilines is 1. The zero-order valence-corrected chi connectivity index (χ0v) is 15.6. The second kappa shape index (κ2) is 8.39. The van der Waals surface area contributed by atoms with Gasteiger partial charge < -0.3 is 5.32 Å². The SMILES string of the molecule is CCc1nnc(NC2CCN(Cc3cccc(C)c3)CC2)nc1CC. The summed E-state index contributed by atoms with van der Waals surface area (Å²) in [7, 11) is 0. The van der Waals surface area contributed by atoms with Crippen LogP contribution in [-0.4, -0.2) is 39.2 Å². The molecule has 1 aliphatic heterocycles. The maximum absolute atomic E-state index is 4.65. The molecule has 0 amide bonds. The molecule has 0 unspecified atom stereocenters. The predicted octanol–water partition coefficient (Wildman–Crippen LogP) is 3.38. The highest BCUT2D eigenvalue weighted by Crippen LogP contribution is 2.17. The van der Waals surface area contributed by atoms with Gasteiger partial charge in [-0.05, 0) is 38.2 Å². The lowest BCUT2D eigenvalue weighted by atomic mass is 10.0. The Bertz CT molecular complexity index is 692. The predicted molar refractivity (Wildman–Crippen MR) is 102 cm³/mol. The summed E-state index contributed by atoms with van der Waals surface area (Å²) in [6.07, 6.45) is 4.03. The fourth-order valence-corrected chi connectivity index (χ4v) is 3.49. The van der Waals surface area contributed by atoms with Gasteiger partial charge in [0.2, 0.25) is 5.95 Å². The Kier molecular flexibility index (Phi) is 5.97. The molecule has 0 saturated carbocycles. The lowest BCUT2D eigenvalue weighted by Gasteiger charge is -2.32. The van der Waals surface area contributed by atoms with Gasteiger partial charge in [-0.25, -0.2) is 4.98 Å². The molecule has 0 radical (unpaired) electrons. The Morgan fingerprint density at radius 2 is 1.84 bits per heavy atom. The Balaban J connectivity index is 1.52. The van der Waals surface area contributed by atoms with E-state index >= 15 is 0 Å². The number of likely N-dealkylation sites (tertiary alicyclic amines) is 1. The molecule has 3 rings (SSSR count). The van der Waals surface area contributed by atoms with Crippen molar-refractivity contribution in [3.05, 3.63) is 46.8 Å². The zero-order valence-electron chi connectivity index (χ0n) is 15.6. The second-order valence-electron chi connectivity index (χ2n) is 6.92. The molecule has 0 bridgehead atoms. The molecule has 1 saturated heterocycles. The molecular formula is C20H29N5. The van der Waals surface area contributed by atoms with Crippen molar-refractivity contribution in [1.82, 2.24) is 20.1 Å². The van der Waals surface area contributed by atoms with E-state index in [-0.39, 0.29) is 0 Å². The average Bonchev–Trinajstić information content (AvgIpc) is 2.63. The molecule has 0 aliphatic carbocycles. The van der Waals surface area contributed by atoms with E-state index in [0.29, 0.717) is 12.0 Å². The molecule has 5 nitrogen and oxygen atoms in total. The standard InChI is InChI=1S/C20H29N5/c1-4-18-19(5-2)23-24-20(22-18)21-17-9-11-25(12-10-17)14-16-8-6-7-15(3)13-16/h6-8,13,17H,4-5,9-12,14H2,1-3H3,(H,21,22,24). The van der Waals surface area contributed by atoms with Crippen LogP contribution in [0.15, 0.2) is 24.3 Å². The Morgan fingerprint density at radius 3 is 2.52 bits per heavy atom. The fourth-order valence-electron chi connectivity index (χ4n) is 3.49. The van der Waals surface area contributed by atoms with Gasteiger partial charge in [0.1, 0.15) is 0 Å². The molecule has 2 heterocycles. The minimum absolute atomic E-state index is 0.438. The molecule has 5 heteroatoms. The fraction of sp³-hybridized carbons (Fsp3) is 0.550. The van der Waals surface area contributed by atoms with Gasteiger partial charge in [0.15, 0.2) is 0 Å². The van der Waals surface area contributed by atoms with E-state index in [2.05, 4.69) is 70.4 Å². The summed E-state index contributed by atoms with van der Waals surface area (Å²) in [4.78, 5) is 7.19. The second-order valence-corrected chi connectivity index (χ2v) is 6.92. The van der Waals surface area contributed by atoms with Gasteiger partial charge >= 0.3 is 0 Å². The van der Waals surface area contributed by atoms with E-state index in [4.69, 9.17) is 0 Å². The van der Waals surface area contributed by atoms with Gasteiger partial charge in [0.25, 0.3) is 0 Å². The number of hydrogen-bond acceptors (Lipinski definition) is 5. The topological polar surface area (TPSA) is 53.9 Å². The maximum Gasteiger partial charge on any atom is 0.243 e. The third-order valence-corrected chi connectivity index (χ3v) is 4.92. The Hall–Kier alpha value is -2.01. The third kappa shape index (κ3) is 4.75. The van der Waals surface area contributed by atoms with E-state index in [1.807, 2.05) is 0 Å². The lowest BCUT2D eigenvalue weighted by molar-refractivity contribution is 0.211. The van der Waals surface area contributed by atoms with Crippen LogP contribution in [0.5, 0.6) is 0 Å². The van der Waals surface area contributed by atoms with Crippen LogP contribution in [0.4, 0.5) is 5.95 Å². The van der Waals surface area contributed by atoms with E-state index in [9.17, 15) is 0 Å². The first-order chi connectivity index (χ1) is 12.2. The molecule has 0 spiro atoms. The average molecular weight is 339 g/mol. The quantitative estimate of drug-likeness (QED) is 0.874. The number of aromatic nitrogens is 3. The number of nitrogens with zero attached hydrogens (tertiary/aromatic N) is 4. The summed E-state index contributed by atoms with van der Waals surface area (Å²) in [6.45, 7) is 9.62. The monoisotopic (exact) mass is 339 g/mol. The minimum Gasteiger partial charge on any atom is -0.350 e. The number of rotatable bonds is 6. The van der Waals surface area contributed by atoms with E-state index in [1.165, 1.54) is 11.1 Å². The summed E-state index contributed by atoms with van der Waals surface area (Å²) >= 11 is 0. The normalized spacial score (nSPS) is 16.1. The molecule has 0 atom stereocenters. The van der Waals surface area contributed by atoms with Crippen molar-refractivity contribution in [2.45, 2.75) is 59.0 Å². The summed E-state index contributed by atoms with van der Waals surface area (Å²) in [5, 5.41) is 12.1. The van der Waals surface area contributed by atoms with Crippen LogP contribution in [0, 0.1) is 6.92 Å². The Morgan fingerprint density at radius 1 is 1.08 bits per heavy atom. The highest BCUT2D eigenvalue weighted by atomic mass is 15.3. The summed E-state index contributed by atoms with van der Waals surface area (Å²) < 4.78 is 0. The van der Waals surface area contributed by atoms with Crippen LogP contribution in [0.25, 0.3) is 0 Å². The van der Waals surface area contributed by atoms with Gasteiger partial charge in [-0.2, -0.15) is 5.10 Å². The maximum atomic E-state index is 4.65. The molecule has 2 aromatic rings. The summed E-state index contributed by atoms with van der Waals surface area (Å²) in [5.74, 6) is 0.686. The van der Waals surface area contributed by atoms with Gasteiger partial charge in [0, 0.05) is 25.7 Å². The van der Waals surface area contributed by atoms with Gasteiger partial charge in [0.05, 0.1) is 11.4 Å². The smallest absolute Gasteiger partial charge is 0.243 e. The molecule has 1 aromatic heterocycles. The lowest BCUT2D eigenvalue weighted by Crippen LogP contribution is -2.39. The zero-order chi connectivity index (χ0) is 17.6. The van der Waals surface area contributed by atoms with Crippen LogP contribution >= 0.6 is 0 Å². The van der Waals surface area contributed by atoms with Crippen molar-refractivity contribution in [3.8, 4) is 0 Å². The highest BCUT2D eigenvalue weighted by molar-refractivity contribution is 5.27. The van der Waals surface area contributed by atoms with Crippen molar-refractivity contribution in [2.75, 3.05) is 18.4 Å². The molecule has 25 heavy (non-hydrogen) atoms. The largest absolute Gasteiger partial charge is 0.350 e. The van der Waals surface area contributed by atoms with Crippen molar-refractivity contribution >= 4 is 5.95 Å². The van der Waals surface area contributed by atoms with Crippen molar-refractivity contribution in [3.63, 3.8) is 0 Å². The van der Waals surface area contributed by atoms with Crippen LogP contribution < -0.4 is 5.32 Å². The number of piperidine rings is 1. The van der Waals surface area contributed by atoms with Crippen LogP contribution in [0.3, 0.4) is 0 Å². The van der Waals surface area contributed by atoms with Gasteiger partial charge in [-0.3, -0.25) is 4.90 Å². The first-order valence-corrected chi connectivity index (χ1v) is 9.44. The van der Waals surface area contributed by atoms with Crippen molar-refractivity contribution in [2.24, 2.45) is 0 Å². The van der Waals surface area contributed by atoms with Crippen LogP contribution in [-0.2, 0) is 19.4 Å². The molecule has 1 fully saturated rings. The van der Waals surface area contributed by atoms with E-state index in [0.717, 1.165) is 56.7 Å². The number of benzene rings is 1. The minimum atomic E-state index is 0.438.